The summed E-state index contributed by atoms with van der Waals surface area (Å²) in [4.78, 5) is 11.4. The highest BCUT2D eigenvalue weighted by Crippen LogP contribution is 2.26. The highest BCUT2D eigenvalue weighted by atomic mass is 19.1. The van der Waals surface area contributed by atoms with Crippen LogP contribution in [0.15, 0.2) is 18.2 Å². The molecule has 1 aromatic carbocycles. The van der Waals surface area contributed by atoms with Gasteiger partial charge >= 0.3 is 5.97 Å². The molecule has 0 aliphatic heterocycles. The fourth-order valence-corrected chi connectivity index (χ4v) is 1.15. The number of anilines is 1. The Kier molecular flexibility index (Phi) is 3.91. The number of rotatable bonds is 4. The molecule has 0 atom stereocenters. The summed E-state index contributed by atoms with van der Waals surface area (Å²) in [6.07, 6.45) is 0. The predicted molar refractivity (Wildman–Crippen MR) is 53.7 cm³/mol. The molecule has 0 aliphatic carbocycles. The number of benzene rings is 1. The van der Waals surface area contributed by atoms with Gasteiger partial charge in [0, 0.05) is 0 Å². The minimum Gasteiger partial charge on any atom is -0.494 e. The quantitative estimate of drug-likeness (QED) is 0.606. The lowest BCUT2D eigenvalue weighted by Crippen LogP contribution is -2.10. The SMILES string of the molecule is COc1c(N)cccc1C(=O)OCCF. The standard InChI is InChI=1S/C10H12FNO3/c1-14-9-7(3-2-4-8(9)12)10(13)15-6-5-11/h2-4H,5-6,12H2,1H3. The number of carbonyl (C=O) groups is 1. The van der Waals surface area contributed by atoms with E-state index in [9.17, 15) is 9.18 Å². The van der Waals surface area contributed by atoms with Crippen LogP contribution >= 0.6 is 0 Å². The average Bonchev–Trinajstić information content (AvgIpc) is 2.25. The number of halogens is 1. The maximum absolute atomic E-state index is 11.8. The molecule has 0 spiro atoms. The third-order valence-corrected chi connectivity index (χ3v) is 1.78. The summed E-state index contributed by atoms with van der Waals surface area (Å²) in [6, 6.07) is 4.71. The van der Waals surface area contributed by atoms with Crippen molar-refractivity contribution in [2.24, 2.45) is 0 Å². The van der Waals surface area contributed by atoms with Crippen LogP contribution in [0.25, 0.3) is 0 Å². The molecule has 0 bridgehead atoms. The molecule has 0 saturated heterocycles. The highest BCUT2D eigenvalue weighted by molar-refractivity contribution is 5.94. The molecule has 82 valence electrons. The number of carbonyl (C=O) groups excluding carboxylic acids is 1. The largest absolute Gasteiger partial charge is 0.494 e. The van der Waals surface area contributed by atoms with E-state index in [-0.39, 0.29) is 17.9 Å². The zero-order valence-electron chi connectivity index (χ0n) is 8.33. The van der Waals surface area contributed by atoms with E-state index in [2.05, 4.69) is 4.74 Å². The maximum atomic E-state index is 11.8. The molecule has 0 aromatic heterocycles. The second-order valence-electron chi connectivity index (χ2n) is 2.75. The molecule has 1 aromatic rings. The predicted octanol–water partition coefficient (Wildman–Crippen LogP) is 1.40. The van der Waals surface area contributed by atoms with Crippen LogP contribution in [0.3, 0.4) is 0 Å². The number of nitrogen functional groups attached to an aromatic ring is 1. The minimum atomic E-state index is -0.712. The average molecular weight is 213 g/mol. The van der Waals surface area contributed by atoms with E-state index in [0.717, 1.165) is 0 Å². The molecule has 2 N–H and O–H groups in total. The summed E-state index contributed by atoms with van der Waals surface area (Å²) in [5, 5.41) is 0. The van der Waals surface area contributed by atoms with Crippen molar-refractivity contribution in [2.45, 2.75) is 0 Å². The molecule has 5 heteroatoms. The number of alkyl halides is 1. The lowest BCUT2D eigenvalue weighted by molar-refractivity contribution is 0.0477. The Morgan fingerprint density at radius 3 is 2.87 bits per heavy atom. The van der Waals surface area contributed by atoms with E-state index >= 15 is 0 Å². The van der Waals surface area contributed by atoms with E-state index < -0.39 is 12.6 Å². The smallest absolute Gasteiger partial charge is 0.342 e. The van der Waals surface area contributed by atoms with Crippen molar-refractivity contribution in [2.75, 3.05) is 26.1 Å². The Morgan fingerprint density at radius 1 is 1.53 bits per heavy atom. The van der Waals surface area contributed by atoms with Gasteiger partial charge in [-0.2, -0.15) is 0 Å². The summed E-state index contributed by atoms with van der Waals surface area (Å²) in [6.45, 7) is -0.979. The Hall–Kier alpha value is -1.78. The Morgan fingerprint density at radius 2 is 2.27 bits per heavy atom. The Bertz CT molecular complexity index is 355. The first-order chi connectivity index (χ1) is 7.20. The van der Waals surface area contributed by atoms with Crippen LogP contribution in [0.1, 0.15) is 10.4 Å². The van der Waals surface area contributed by atoms with Crippen molar-refractivity contribution in [1.29, 1.82) is 0 Å². The topological polar surface area (TPSA) is 61.5 Å². The number of hydrogen-bond donors (Lipinski definition) is 1. The van der Waals surface area contributed by atoms with Crippen LogP contribution in [-0.4, -0.2) is 26.4 Å². The van der Waals surface area contributed by atoms with Crippen molar-refractivity contribution in [1.82, 2.24) is 0 Å². The van der Waals surface area contributed by atoms with E-state index in [4.69, 9.17) is 10.5 Å². The van der Waals surface area contributed by atoms with Gasteiger partial charge in [0.15, 0.2) is 5.75 Å². The lowest BCUT2D eigenvalue weighted by atomic mass is 10.2. The van der Waals surface area contributed by atoms with Crippen LogP contribution in [0.2, 0.25) is 0 Å². The summed E-state index contributed by atoms with van der Waals surface area (Å²) < 4.78 is 21.4. The van der Waals surface area contributed by atoms with E-state index in [1.807, 2.05) is 0 Å². The van der Waals surface area contributed by atoms with Gasteiger partial charge in [0.05, 0.1) is 12.8 Å². The fourth-order valence-electron chi connectivity index (χ4n) is 1.15. The number of hydrogen-bond acceptors (Lipinski definition) is 4. The lowest BCUT2D eigenvalue weighted by Gasteiger charge is -2.09. The van der Waals surface area contributed by atoms with E-state index in [0.29, 0.717) is 5.69 Å². The first kappa shape index (κ1) is 11.3. The first-order valence-corrected chi connectivity index (χ1v) is 4.36. The van der Waals surface area contributed by atoms with E-state index in [1.54, 1.807) is 12.1 Å². The molecular formula is C10H12FNO3. The zero-order valence-corrected chi connectivity index (χ0v) is 8.33. The van der Waals surface area contributed by atoms with Crippen molar-refractivity contribution in [3.05, 3.63) is 23.8 Å². The Balaban J connectivity index is 2.92. The highest BCUT2D eigenvalue weighted by Gasteiger charge is 2.15. The van der Waals surface area contributed by atoms with Crippen molar-refractivity contribution in [3.8, 4) is 5.75 Å². The Labute approximate surface area is 86.8 Å². The van der Waals surface area contributed by atoms with E-state index in [1.165, 1.54) is 13.2 Å². The number of para-hydroxylation sites is 1. The molecular weight excluding hydrogens is 201 g/mol. The normalized spacial score (nSPS) is 9.73. The second-order valence-corrected chi connectivity index (χ2v) is 2.75. The van der Waals surface area contributed by atoms with Crippen LogP contribution in [0.5, 0.6) is 5.75 Å². The molecule has 0 radical (unpaired) electrons. The minimum absolute atomic E-state index is 0.200. The van der Waals surface area contributed by atoms with Crippen LogP contribution < -0.4 is 10.5 Å². The van der Waals surface area contributed by atoms with Crippen LogP contribution in [0.4, 0.5) is 10.1 Å². The molecule has 0 aliphatic rings. The van der Waals surface area contributed by atoms with Crippen molar-refractivity contribution in [3.63, 3.8) is 0 Å². The number of esters is 1. The summed E-state index contributed by atoms with van der Waals surface area (Å²) >= 11 is 0. The molecule has 0 fully saturated rings. The van der Waals surface area contributed by atoms with Gasteiger partial charge in [-0.25, -0.2) is 9.18 Å². The maximum Gasteiger partial charge on any atom is 0.342 e. The molecule has 0 saturated carbocycles. The van der Waals surface area contributed by atoms with Gasteiger partial charge in [-0.15, -0.1) is 0 Å². The van der Waals surface area contributed by atoms with Gasteiger partial charge in [-0.05, 0) is 12.1 Å². The number of methoxy groups -OCH3 is 1. The van der Waals surface area contributed by atoms with Crippen LogP contribution in [-0.2, 0) is 4.74 Å². The molecule has 1 rings (SSSR count). The summed E-state index contributed by atoms with van der Waals surface area (Å²) in [7, 11) is 1.40. The molecule has 4 nitrogen and oxygen atoms in total. The van der Waals surface area contributed by atoms with Gasteiger partial charge in [-0.3, -0.25) is 0 Å². The number of nitrogens with two attached hydrogens (primary N) is 1. The van der Waals surface area contributed by atoms with Gasteiger partial charge in [0.2, 0.25) is 0 Å². The van der Waals surface area contributed by atoms with Crippen LogP contribution in [0, 0.1) is 0 Å². The summed E-state index contributed by atoms with van der Waals surface area (Å²) in [5.74, 6) is -0.391. The molecule has 0 amide bonds. The van der Waals surface area contributed by atoms with Crippen molar-refractivity contribution >= 4 is 11.7 Å². The van der Waals surface area contributed by atoms with Gasteiger partial charge in [0.1, 0.15) is 18.8 Å². The molecule has 0 heterocycles. The second kappa shape index (κ2) is 5.19. The monoisotopic (exact) mass is 213 g/mol. The number of ether oxygens (including phenoxy) is 2. The van der Waals surface area contributed by atoms with Gasteiger partial charge in [0.25, 0.3) is 0 Å². The third-order valence-electron chi connectivity index (χ3n) is 1.78. The molecule has 0 unspecified atom stereocenters. The zero-order chi connectivity index (χ0) is 11.3. The van der Waals surface area contributed by atoms with Crippen molar-refractivity contribution < 1.29 is 18.7 Å². The fraction of sp³-hybridized carbons (Fsp3) is 0.300. The first-order valence-electron chi connectivity index (χ1n) is 4.36. The summed E-state index contributed by atoms with van der Waals surface area (Å²) in [5.41, 5.74) is 6.13. The molecule has 15 heavy (non-hydrogen) atoms. The van der Waals surface area contributed by atoms with Gasteiger partial charge < -0.3 is 15.2 Å². The van der Waals surface area contributed by atoms with Gasteiger partial charge in [-0.1, -0.05) is 6.07 Å². The third kappa shape index (κ3) is 2.59.